The number of carboxylic acid groups (broad SMARTS) is 1. The number of carboxylic acids is 1. The van der Waals surface area contributed by atoms with Crippen LogP contribution in [-0.2, 0) is 9.59 Å². The minimum atomic E-state index is -1.04. The van der Waals surface area contributed by atoms with E-state index < -0.39 is 18.1 Å². The highest BCUT2D eigenvalue weighted by molar-refractivity contribution is 5.83. The van der Waals surface area contributed by atoms with Crippen LogP contribution in [0.25, 0.3) is 0 Å². The lowest BCUT2D eigenvalue weighted by Crippen LogP contribution is -2.41. The van der Waals surface area contributed by atoms with Crippen molar-refractivity contribution in [1.29, 1.82) is 0 Å². The molecule has 8 nitrogen and oxygen atoms in total. The molecule has 8 heteroatoms. The van der Waals surface area contributed by atoms with E-state index in [0.717, 1.165) is 6.42 Å². The van der Waals surface area contributed by atoms with Crippen molar-refractivity contribution >= 4 is 11.9 Å². The topological polar surface area (TPSA) is 151 Å². The molecule has 0 aliphatic heterocycles. The van der Waals surface area contributed by atoms with Gasteiger partial charge in [0.2, 0.25) is 5.91 Å². The summed E-state index contributed by atoms with van der Waals surface area (Å²) in [6.45, 7) is 1.82. The summed E-state index contributed by atoms with van der Waals surface area (Å²) in [4.78, 5) is 22.3. The highest BCUT2D eigenvalue weighted by Crippen LogP contribution is 2.01. The monoisotopic (exact) mass is 304 g/mol. The lowest BCUT2D eigenvalue weighted by Gasteiger charge is -2.14. The van der Waals surface area contributed by atoms with E-state index in [4.69, 9.17) is 16.6 Å². The molecule has 2 atom stereocenters. The van der Waals surface area contributed by atoms with Crippen LogP contribution in [0.15, 0.2) is 0 Å². The Labute approximate surface area is 125 Å². The molecule has 0 aromatic rings. The average molecular weight is 304 g/mol. The second-order valence-electron chi connectivity index (χ2n) is 4.93. The molecule has 0 spiro atoms. The van der Waals surface area contributed by atoms with Gasteiger partial charge in [-0.2, -0.15) is 0 Å². The number of carbonyl (C=O) groups excluding carboxylic acids is 1. The van der Waals surface area contributed by atoms with Crippen molar-refractivity contribution in [2.75, 3.05) is 26.2 Å². The van der Waals surface area contributed by atoms with E-state index in [1.807, 2.05) is 0 Å². The predicted octanol–water partition coefficient (Wildman–Crippen LogP) is -1.63. The predicted molar refractivity (Wildman–Crippen MR) is 79.6 cm³/mol. The van der Waals surface area contributed by atoms with Gasteiger partial charge in [-0.3, -0.25) is 4.79 Å². The first-order valence-corrected chi connectivity index (χ1v) is 7.32. The maximum atomic E-state index is 11.3. The molecule has 1 amide bonds. The minimum Gasteiger partial charge on any atom is -0.480 e. The van der Waals surface area contributed by atoms with Gasteiger partial charge in [-0.05, 0) is 38.8 Å². The van der Waals surface area contributed by atoms with Crippen molar-refractivity contribution in [1.82, 2.24) is 10.6 Å². The number of hydrogen-bond donors (Lipinski definition) is 6. The average Bonchev–Trinajstić information content (AvgIpc) is 2.41. The highest BCUT2D eigenvalue weighted by Gasteiger charge is 2.18. The SMILES string of the molecule is NCCC(=O)N[C@H](CCCCNC[C@H](O)CCN)C(=O)O. The van der Waals surface area contributed by atoms with Crippen LogP contribution in [0.2, 0.25) is 0 Å². The summed E-state index contributed by atoms with van der Waals surface area (Å²) in [6.07, 6.45) is 2.05. The highest BCUT2D eigenvalue weighted by atomic mass is 16.4. The number of hydrogen-bond acceptors (Lipinski definition) is 6. The zero-order chi connectivity index (χ0) is 16.1. The molecule has 0 bridgehead atoms. The molecule has 21 heavy (non-hydrogen) atoms. The molecule has 0 saturated carbocycles. The normalized spacial score (nSPS) is 13.7. The summed E-state index contributed by atoms with van der Waals surface area (Å²) in [7, 11) is 0. The van der Waals surface area contributed by atoms with Crippen LogP contribution >= 0.6 is 0 Å². The minimum absolute atomic E-state index is 0.129. The molecule has 0 rings (SSSR count). The molecule has 0 aromatic carbocycles. The molecule has 0 aliphatic rings. The van der Waals surface area contributed by atoms with Crippen molar-refractivity contribution in [3.8, 4) is 0 Å². The number of nitrogens with two attached hydrogens (primary N) is 2. The van der Waals surface area contributed by atoms with Crippen LogP contribution in [0.4, 0.5) is 0 Å². The zero-order valence-corrected chi connectivity index (χ0v) is 12.4. The Bertz CT molecular complexity index is 302. The molecule has 124 valence electrons. The van der Waals surface area contributed by atoms with Crippen molar-refractivity contribution in [2.24, 2.45) is 11.5 Å². The van der Waals surface area contributed by atoms with Gasteiger partial charge in [-0.25, -0.2) is 4.79 Å². The van der Waals surface area contributed by atoms with Crippen molar-refractivity contribution in [3.63, 3.8) is 0 Å². The summed E-state index contributed by atoms with van der Waals surface area (Å²) in [6, 6.07) is -0.869. The zero-order valence-electron chi connectivity index (χ0n) is 12.4. The summed E-state index contributed by atoms with van der Waals surface area (Å²) in [5.74, 6) is -1.38. The molecular formula is C13H28N4O4. The first kappa shape index (κ1) is 19.8. The van der Waals surface area contributed by atoms with E-state index in [1.165, 1.54) is 0 Å². The van der Waals surface area contributed by atoms with Gasteiger partial charge in [-0.15, -0.1) is 0 Å². The van der Waals surface area contributed by atoms with Crippen molar-refractivity contribution < 1.29 is 19.8 Å². The van der Waals surface area contributed by atoms with E-state index in [0.29, 0.717) is 38.9 Å². The van der Waals surface area contributed by atoms with Crippen LogP contribution in [0.3, 0.4) is 0 Å². The largest absolute Gasteiger partial charge is 0.480 e. The van der Waals surface area contributed by atoms with Crippen LogP contribution in [0.1, 0.15) is 32.1 Å². The second kappa shape index (κ2) is 12.5. The fraction of sp³-hybridized carbons (Fsp3) is 0.846. The Kier molecular flexibility index (Phi) is 11.8. The quantitative estimate of drug-likeness (QED) is 0.224. The number of aliphatic carboxylic acids is 1. The first-order chi connectivity index (χ1) is 10.0. The lowest BCUT2D eigenvalue weighted by molar-refractivity contribution is -0.142. The fourth-order valence-electron chi connectivity index (χ4n) is 1.82. The summed E-state index contributed by atoms with van der Waals surface area (Å²) in [5.41, 5.74) is 10.6. The molecule has 0 heterocycles. The van der Waals surface area contributed by atoms with E-state index in [-0.39, 0.29) is 18.9 Å². The number of aliphatic hydroxyl groups excluding tert-OH is 1. The fourth-order valence-corrected chi connectivity index (χ4v) is 1.82. The van der Waals surface area contributed by atoms with Crippen LogP contribution in [0.5, 0.6) is 0 Å². The van der Waals surface area contributed by atoms with Gasteiger partial charge >= 0.3 is 5.97 Å². The number of unbranched alkanes of at least 4 members (excludes halogenated alkanes) is 1. The van der Waals surface area contributed by atoms with Crippen molar-refractivity contribution in [3.05, 3.63) is 0 Å². The van der Waals surface area contributed by atoms with Crippen molar-refractivity contribution in [2.45, 2.75) is 44.2 Å². The lowest BCUT2D eigenvalue weighted by atomic mass is 10.1. The van der Waals surface area contributed by atoms with Gasteiger partial charge in [0.25, 0.3) is 0 Å². The first-order valence-electron chi connectivity index (χ1n) is 7.32. The van der Waals surface area contributed by atoms with Crippen LogP contribution < -0.4 is 22.1 Å². The van der Waals surface area contributed by atoms with Gasteiger partial charge in [0.15, 0.2) is 0 Å². The summed E-state index contributed by atoms with van der Waals surface area (Å²) in [5, 5.41) is 24.0. The van der Waals surface area contributed by atoms with Crippen LogP contribution in [0, 0.1) is 0 Å². The van der Waals surface area contributed by atoms with E-state index in [9.17, 15) is 14.7 Å². The van der Waals surface area contributed by atoms with Crippen LogP contribution in [-0.4, -0.2) is 60.4 Å². The molecule has 8 N–H and O–H groups in total. The van der Waals surface area contributed by atoms with Gasteiger partial charge in [-0.1, -0.05) is 0 Å². The number of nitrogens with one attached hydrogen (secondary N) is 2. The van der Waals surface area contributed by atoms with Gasteiger partial charge in [0, 0.05) is 19.5 Å². The summed E-state index contributed by atoms with van der Waals surface area (Å²) >= 11 is 0. The standard InChI is InChI=1S/C13H28N4O4/c14-6-4-10(18)9-16-8-2-1-3-11(13(20)21)17-12(19)5-7-15/h10-11,16,18H,1-9,14-15H2,(H,17,19)(H,20,21)/t10-,11-/m1/s1. The second-order valence-corrected chi connectivity index (χ2v) is 4.93. The van der Waals surface area contributed by atoms with Gasteiger partial charge in [0.1, 0.15) is 6.04 Å². The third-order valence-electron chi connectivity index (χ3n) is 2.98. The molecular weight excluding hydrogens is 276 g/mol. The number of amides is 1. The van der Waals surface area contributed by atoms with E-state index in [1.54, 1.807) is 0 Å². The Morgan fingerprint density at radius 1 is 1.10 bits per heavy atom. The molecule has 0 aliphatic carbocycles. The Balaban J connectivity index is 3.75. The Hall–Kier alpha value is -1.22. The smallest absolute Gasteiger partial charge is 0.326 e. The molecule has 0 radical (unpaired) electrons. The Morgan fingerprint density at radius 3 is 2.38 bits per heavy atom. The maximum Gasteiger partial charge on any atom is 0.326 e. The Morgan fingerprint density at radius 2 is 1.81 bits per heavy atom. The maximum absolute atomic E-state index is 11.3. The van der Waals surface area contributed by atoms with E-state index in [2.05, 4.69) is 10.6 Å². The third-order valence-corrected chi connectivity index (χ3v) is 2.98. The van der Waals surface area contributed by atoms with Gasteiger partial charge in [0.05, 0.1) is 6.10 Å². The van der Waals surface area contributed by atoms with Gasteiger partial charge < -0.3 is 32.3 Å². The van der Waals surface area contributed by atoms with E-state index >= 15 is 0 Å². The molecule has 0 saturated heterocycles. The summed E-state index contributed by atoms with van der Waals surface area (Å²) < 4.78 is 0. The third kappa shape index (κ3) is 11.1. The number of aliphatic hydroxyl groups is 1. The molecule has 0 fully saturated rings. The number of carbonyl (C=O) groups is 2. The number of rotatable bonds is 13. The molecule has 0 unspecified atom stereocenters. The molecule has 0 aromatic heterocycles.